The number of hydrogen-bond donors (Lipinski definition) is 4. The SMILES string of the molecule is CC(C)S(=O)(=O)NCCCCC(=O)NCc1ccc(C2=CSNN2)cc1. The Morgan fingerprint density at radius 2 is 1.92 bits per heavy atom. The minimum atomic E-state index is -3.22. The van der Waals surface area contributed by atoms with Crippen LogP contribution in [-0.4, -0.2) is 26.1 Å². The zero-order valence-electron chi connectivity index (χ0n) is 15.0. The van der Waals surface area contributed by atoms with Crippen molar-refractivity contribution < 1.29 is 13.2 Å². The highest BCUT2D eigenvalue weighted by atomic mass is 32.2. The number of hydrazine groups is 1. The van der Waals surface area contributed by atoms with Gasteiger partial charge in [0.25, 0.3) is 0 Å². The maximum absolute atomic E-state index is 11.9. The van der Waals surface area contributed by atoms with E-state index in [0.717, 1.165) is 16.8 Å². The van der Waals surface area contributed by atoms with Gasteiger partial charge in [-0.15, -0.1) is 0 Å². The third-order valence-electron chi connectivity index (χ3n) is 3.93. The second-order valence-electron chi connectivity index (χ2n) is 6.30. The van der Waals surface area contributed by atoms with Crippen molar-refractivity contribution in [1.29, 1.82) is 0 Å². The summed E-state index contributed by atoms with van der Waals surface area (Å²) in [4.78, 5) is 14.8. The van der Waals surface area contributed by atoms with E-state index in [1.807, 2.05) is 29.7 Å². The van der Waals surface area contributed by atoms with Crippen molar-refractivity contribution in [2.24, 2.45) is 0 Å². The quantitative estimate of drug-likeness (QED) is 0.355. The number of carbonyl (C=O) groups is 1. The molecule has 1 aliphatic heterocycles. The Morgan fingerprint density at radius 1 is 1.19 bits per heavy atom. The summed E-state index contributed by atoms with van der Waals surface area (Å²) in [6, 6.07) is 7.99. The average Bonchev–Trinajstić information content (AvgIpc) is 3.14. The van der Waals surface area contributed by atoms with Gasteiger partial charge in [0.15, 0.2) is 0 Å². The number of hydrogen-bond acceptors (Lipinski definition) is 6. The van der Waals surface area contributed by atoms with E-state index in [1.54, 1.807) is 13.8 Å². The van der Waals surface area contributed by atoms with Crippen LogP contribution in [0.1, 0.15) is 44.2 Å². The second-order valence-corrected chi connectivity index (χ2v) is 9.29. The van der Waals surface area contributed by atoms with Gasteiger partial charge < -0.3 is 10.7 Å². The summed E-state index contributed by atoms with van der Waals surface area (Å²) < 4.78 is 25.7. The molecule has 9 heteroatoms. The standard InChI is InChI=1S/C17H26N4O3S2/c1-13(2)26(23,24)19-10-4-3-5-17(22)18-11-14-6-8-15(9-7-14)16-12-25-21-20-16/h6-9,12-13,19-21H,3-5,10-11H2,1-2H3,(H,18,22). The van der Waals surface area contributed by atoms with Crippen molar-refractivity contribution in [3.8, 4) is 0 Å². The smallest absolute Gasteiger partial charge is 0.220 e. The van der Waals surface area contributed by atoms with Gasteiger partial charge in [0.05, 0.1) is 10.9 Å². The second kappa shape index (κ2) is 9.96. The van der Waals surface area contributed by atoms with Crippen LogP contribution in [-0.2, 0) is 21.4 Å². The van der Waals surface area contributed by atoms with Gasteiger partial charge in [0, 0.05) is 24.9 Å². The van der Waals surface area contributed by atoms with E-state index in [0.29, 0.717) is 32.4 Å². The van der Waals surface area contributed by atoms with Crippen LogP contribution in [0.2, 0.25) is 0 Å². The van der Waals surface area contributed by atoms with Crippen molar-refractivity contribution in [3.63, 3.8) is 0 Å². The Kier molecular flexibility index (Phi) is 7.95. The molecule has 144 valence electrons. The molecule has 0 bridgehead atoms. The molecule has 0 aromatic heterocycles. The van der Waals surface area contributed by atoms with Gasteiger partial charge in [-0.25, -0.2) is 13.1 Å². The summed E-state index contributed by atoms with van der Waals surface area (Å²) in [7, 11) is -3.22. The predicted octanol–water partition coefficient (Wildman–Crippen LogP) is 1.86. The Labute approximate surface area is 159 Å². The molecule has 1 aromatic rings. The molecule has 0 spiro atoms. The van der Waals surface area contributed by atoms with Gasteiger partial charge in [-0.1, -0.05) is 24.3 Å². The number of unbranched alkanes of at least 4 members (excludes halogenated alkanes) is 1. The van der Waals surface area contributed by atoms with Gasteiger partial charge in [0.1, 0.15) is 0 Å². The van der Waals surface area contributed by atoms with E-state index in [2.05, 4.69) is 20.3 Å². The first-order valence-corrected chi connectivity index (χ1v) is 11.0. The normalized spacial score (nSPS) is 14.2. The van der Waals surface area contributed by atoms with Crippen molar-refractivity contribution in [1.82, 2.24) is 20.3 Å². The lowest BCUT2D eigenvalue weighted by Gasteiger charge is -2.09. The molecular formula is C17H26N4O3S2. The molecule has 1 amide bonds. The van der Waals surface area contributed by atoms with E-state index in [9.17, 15) is 13.2 Å². The molecule has 0 aliphatic carbocycles. The highest BCUT2D eigenvalue weighted by Gasteiger charge is 2.14. The molecule has 26 heavy (non-hydrogen) atoms. The van der Waals surface area contributed by atoms with Crippen LogP contribution in [0.4, 0.5) is 0 Å². The van der Waals surface area contributed by atoms with E-state index in [4.69, 9.17) is 0 Å². The summed E-state index contributed by atoms with van der Waals surface area (Å²) >= 11 is 1.49. The van der Waals surface area contributed by atoms with Crippen molar-refractivity contribution in [2.45, 2.75) is 44.9 Å². The summed E-state index contributed by atoms with van der Waals surface area (Å²) in [6.45, 7) is 4.13. The molecule has 0 unspecified atom stereocenters. The third-order valence-corrected chi connectivity index (χ3v) is 6.35. The fourth-order valence-corrected chi connectivity index (χ4v) is 3.53. The Morgan fingerprint density at radius 3 is 2.54 bits per heavy atom. The lowest BCUT2D eigenvalue weighted by Crippen LogP contribution is -2.31. The monoisotopic (exact) mass is 398 g/mol. The molecule has 1 aliphatic rings. The highest BCUT2D eigenvalue weighted by Crippen LogP contribution is 2.19. The fourth-order valence-electron chi connectivity index (χ4n) is 2.23. The highest BCUT2D eigenvalue weighted by molar-refractivity contribution is 8.00. The lowest BCUT2D eigenvalue weighted by molar-refractivity contribution is -0.121. The molecule has 1 aromatic carbocycles. The van der Waals surface area contributed by atoms with Crippen LogP contribution < -0.4 is 20.3 Å². The molecule has 0 saturated heterocycles. The number of amides is 1. The van der Waals surface area contributed by atoms with Crippen molar-refractivity contribution in [2.75, 3.05) is 6.54 Å². The zero-order chi connectivity index (χ0) is 19.0. The van der Waals surface area contributed by atoms with E-state index >= 15 is 0 Å². The van der Waals surface area contributed by atoms with Gasteiger partial charge in [0.2, 0.25) is 15.9 Å². The van der Waals surface area contributed by atoms with Crippen LogP contribution in [0, 0.1) is 0 Å². The minimum Gasteiger partial charge on any atom is -0.352 e. The van der Waals surface area contributed by atoms with Crippen LogP contribution in [0.5, 0.6) is 0 Å². The van der Waals surface area contributed by atoms with Crippen molar-refractivity contribution in [3.05, 3.63) is 40.8 Å². The zero-order valence-corrected chi connectivity index (χ0v) is 16.7. The summed E-state index contributed by atoms with van der Waals surface area (Å²) in [5.74, 6) is -0.0263. The Balaban J connectivity index is 1.63. The van der Waals surface area contributed by atoms with Crippen molar-refractivity contribution >= 4 is 33.6 Å². The number of sulfonamides is 1. The van der Waals surface area contributed by atoms with Gasteiger partial charge in [-0.05, 0) is 49.8 Å². The molecule has 0 atom stereocenters. The fraction of sp³-hybridized carbons (Fsp3) is 0.471. The molecule has 0 fully saturated rings. The lowest BCUT2D eigenvalue weighted by atomic mass is 10.1. The molecule has 2 rings (SSSR count). The number of rotatable bonds is 10. The van der Waals surface area contributed by atoms with E-state index < -0.39 is 15.3 Å². The van der Waals surface area contributed by atoms with E-state index in [1.165, 1.54) is 11.9 Å². The summed E-state index contributed by atoms with van der Waals surface area (Å²) in [5.41, 5.74) is 6.20. The number of carbonyl (C=O) groups excluding carboxylic acids is 1. The summed E-state index contributed by atoms with van der Waals surface area (Å²) in [5, 5.41) is 4.45. The molecular weight excluding hydrogens is 372 g/mol. The first-order chi connectivity index (χ1) is 12.4. The average molecular weight is 399 g/mol. The number of nitrogens with one attached hydrogen (secondary N) is 4. The van der Waals surface area contributed by atoms with Gasteiger partial charge in [-0.3, -0.25) is 4.79 Å². The Bertz CT molecular complexity index is 731. The number of benzene rings is 1. The first-order valence-electron chi connectivity index (χ1n) is 8.60. The maximum atomic E-state index is 11.9. The molecule has 4 N–H and O–H groups in total. The third kappa shape index (κ3) is 6.64. The predicted molar refractivity (Wildman–Crippen MR) is 106 cm³/mol. The topological polar surface area (TPSA) is 99.3 Å². The molecule has 7 nitrogen and oxygen atoms in total. The largest absolute Gasteiger partial charge is 0.352 e. The Hall–Kier alpha value is -1.55. The van der Waals surface area contributed by atoms with Gasteiger partial charge in [-0.2, -0.15) is 4.83 Å². The first kappa shape index (κ1) is 20.8. The van der Waals surface area contributed by atoms with Crippen LogP contribution in [0.3, 0.4) is 0 Å². The van der Waals surface area contributed by atoms with Crippen LogP contribution in [0.25, 0.3) is 5.70 Å². The maximum Gasteiger partial charge on any atom is 0.220 e. The van der Waals surface area contributed by atoms with Gasteiger partial charge >= 0.3 is 0 Å². The summed E-state index contributed by atoms with van der Waals surface area (Å²) in [6.07, 6.45) is 1.68. The van der Waals surface area contributed by atoms with Crippen LogP contribution >= 0.6 is 11.9 Å². The molecule has 0 radical (unpaired) electrons. The molecule has 1 heterocycles. The molecule has 0 saturated carbocycles. The minimum absolute atomic E-state index is 0.0263. The van der Waals surface area contributed by atoms with E-state index in [-0.39, 0.29) is 5.91 Å². The van der Waals surface area contributed by atoms with Crippen LogP contribution in [0.15, 0.2) is 29.7 Å².